The molecule has 5 nitrogen and oxygen atoms in total. The van der Waals surface area contributed by atoms with Crippen LogP contribution in [0.15, 0.2) is 42.5 Å². The molecular weight excluding hydrogens is 340 g/mol. The highest BCUT2D eigenvalue weighted by Crippen LogP contribution is 2.22. The summed E-state index contributed by atoms with van der Waals surface area (Å²) in [5.41, 5.74) is 3.42. The van der Waals surface area contributed by atoms with Crippen LogP contribution in [0.4, 0.5) is 5.69 Å². The van der Waals surface area contributed by atoms with Crippen LogP contribution in [0.5, 0.6) is 0 Å². The van der Waals surface area contributed by atoms with Crippen LogP contribution in [0.1, 0.15) is 21.5 Å². The van der Waals surface area contributed by atoms with Crippen molar-refractivity contribution in [3.8, 4) is 0 Å². The highest BCUT2D eigenvalue weighted by atomic mass is 35.5. The number of benzene rings is 2. The Labute approximate surface area is 151 Å². The highest BCUT2D eigenvalue weighted by molar-refractivity contribution is 6.33. The number of rotatable bonds is 4. The summed E-state index contributed by atoms with van der Waals surface area (Å²) >= 11 is 6.00. The molecule has 1 amide bonds. The molecule has 3 rings (SSSR count). The second-order valence-corrected chi connectivity index (χ2v) is 6.28. The lowest BCUT2D eigenvalue weighted by Gasteiger charge is -2.29. The molecule has 0 fully saturated rings. The van der Waals surface area contributed by atoms with E-state index in [4.69, 9.17) is 16.3 Å². The zero-order valence-electron chi connectivity index (χ0n) is 13.9. The van der Waals surface area contributed by atoms with Gasteiger partial charge in [0.15, 0.2) is 0 Å². The molecule has 0 radical (unpaired) electrons. The Hall–Kier alpha value is -2.53. The van der Waals surface area contributed by atoms with Crippen LogP contribution in [-0.2, 0) is 22.5 Å². The quantitative estimate of drug-likeness (QED) is 0.853. The van der Waals surface area contributed by atoms with Crippen molar-refractivity contribution >= 4 is 29.2 Å². The number of nitrogens with zero attached hydrogens (tertiary/aromatic N) is 1. The Morgan fingerprint density at radius 2 is 1.96 bits per heavy atom. The molecule has 1 N–H and O–H groups in total. The van der Waals surface area contributed by atoms with Crippen LogP contribution in [0, 0.1) is 0 Å². The van der Waals surface area contributed by atoms with Crippen molar-refractivity contribution in [2.24, 2.45) is 0 Å². The van der Waals surface area contributed by atoms with Crippen LogP contribution in [0.3, 0.4) is 0 Å². The Bertz CT molecular complexity index is 807. The molecule has 0 bridgehead atoms. The van der Waals surface area contributed by atoms with E-state index < -0.39 is 5.97 Å². The average Bonchev–Trinajstić information content (AvgIpc) is 2.66. The fraction of sp³-hybridized carbons (Fsp3) is 0.263. The molecule has 2 aromatic rings. The summed E-state index contributed by atoms with van der Waals surface area (Å²) in [6.07, 6.45) is 0.870. The number of anilines is 1. The number of nitrogens with one attached hydrogen (secondary N) is 1. The van der Waals surface area contributed by atoms with Gasteiger partial charge in [-0.15, -0.1) is 0 Å². The van der Waals surface area contributed by atoms with Gasteiger partial charge in [0.05, 0.1) is 24.2 Å². The zero-order chi connectivity index (χ0) is 17.8. The van der Waals surface area contributed by atoms with Gasteiger partial charge in [-0.2, -0.15) is 0 Å². The second-order valence-electron chi connectivity index (χ2n) is 5.87. The second kappa shape index (κ2) is 7.57. The topological polar surface area (TPSA) is 58.6 Å². The van der Waals surface area contributed by atoms with E-state index in [1.165, 1.54) is 18.2 Å². The normalized spacial score (nSPS) is 13.1. The molecule has 0 atom stereocenters. The third-order valence-electron chi connectivity index (χ3n) is 4.30. The molecule has 0 aliphatic carbocycles. The summed E-state index contributed by atoms with van der Waals surface area (Å²) in [4.78, 5) is 26.0. The minimum atomic E-state index is -0.507. The highest BCUT2D eigenvalue weighted by Gasteiger charge is 2.20. The minimum Gasteiger partial charge on any atom is -0.465 e. The molecule has 2 aromatic carbocycles. The van der Waals surface area contributed by atoms with Crippen LogP contribution in [0.25, 0.3) is 0 Å². The Kier molecular flexibility index (Phi) is 5.24. The van der Waals surface area contributed by atoms with Crippen LogP contribution < -0.4 is 5.32 Å². The average molecular weight is 359 g/mol. The Morgan fingerprint density at radius 1 is 1.20 bits per heavy atom. The summed E-state index contributed by atoms with van der Waals surface area (Å²) in [5.74, 6) is -0.489. The molecular formula is C19H19ClN2O3. The van der Waals surface area contributed by atoms with Gasteiger partial charge in [0, 0.05) is 18.8 Å². The summed E-state index contributed by atoms with van der Waals surface area (Å²) in [6, 6.07) is 13.1. The third kappa shape index (κ3) is 3.94. The van der Waals surface area contributed by atoms with Crippen molar-refractivity contribution < 1.29 is 14.3 Å². The fourth-order valence-electron chi connectivity index (χ4n) is 2.90. The van der Waals surface area contributed by atoms with Gasteiger partial charge in [0.25, 0.3) is 0 Å². The summed E-state index contributed by atoms with van der Waals surface area (Å²) in [6.45, 7) is 1.50. The number of methoxy groups -OCH3 is 1. The first-order valence-electron chi connectivity index (χ1n) is 8.05. The number of esters is 1. The third-order valence-corrected chi connectivity index (χ3v) is 4.63. The zero-order valence-corrected chi connectivity index (χ0v) is 14.7. The van der Waals surface area contributed by atoms with E-state index in [2.05, 4.69) is 17.4 Å². The van der Waals surface area contributed by atoms with Gasteiger partial charge >= 0.3 is 5.97 Å². The number of carbonyl (C=O) groups excluding carboxylic acids is 2. The number of fused-ring (bicyclic) bond motifs is 1. The van der Waals surface area contributed by atoms with Gasteiger partial charge < -0.3 is 15.0 Å². The smallest absolute Gasteiger partial charge is 0.339 e. The molecule has 0 aromatic heterocycles. The van der Waals surface area contributed by atoms with Crippen molar-refractivity contribution in [1.29, 1.82) is 0 Å². The van der Waals surface area contributed by atoms with Crippen molar-refractivity contribution in [2.45, 2.75) is 13.0 Å². The van der Waals surface area contributed by atoms with Crippen LogP contribution in [0.2, 0.25) is 5.02 Å². The van der Waals surface area contributed by atoms with E-state index in [0.29, 0.717) is 23.8 Å². The van der Waals surface area contributed by atoms with E-state index in [0.717, 1.165) is 6.42 Å². The molecule has 0 unspecified atom stereocenters. The number of halogens is 1. The number of carbonyl (C=O) groups is 2. The monoisotopic (exact) mass is 358 g/mol. The van der Waals surface area contributed by atoms with Crippen molar-refractivity contribution in [3.63, 3.8) is 0 Å². The lowest BCUT2D eigenvalue weighted by Crippen LogP contribution is -2.39. The van der Waals surface area contributed by atoms with Crippen LogP contribution in [-0.4, -0.2) is 37.0 Å². The van der Waals surface area contributed by atoms with Crippen LogP contribution >= 0.6 is 11.6 Å². The van der Waals surface area contributed by atoms with Gasteiger partial charge in [0.2, 0.25) is 5.91 Å². The Morgan fingerprint density at radius 3 is 2.72 bits per heavy atom. The SMILES string of the molecule is COC(=O)c1cc(NCC(=O)N2CCc3ccccc3C2)ccc1Cl. The molecule has 130 valence electrons. The van der Waals surface area contributed by atoms with Crippen molar-refractivity contribution in [1.82, 2.24) is 4.90 Å². The van der Waals surface area contributed by atoms with E-state index in [9.17, 15) is 9.59 Å². The lowest BCUT2D eigenvalue weighted by atomic mass is 10.00. The van der Waals surface area contributed by atoms with E-state index in [1.54, 1.807) is 18.2 Å². The number of hydrogen-bond acceptors (Lipinski definition) is 4. The summed E-state index contributed by atoms with van der Waals surface area (Å²) < 4.78 is 4.70. The number of ether oxygens (including phenoxy) is 1. The van der Waals surface area contributed by atoms with Gasteiger partial charge in [-0.3, -0.25) is 4.79 Å². The van der Waals surface area contributed by atoms with Gasteiger partial charge in [-0.05, 0) is 35.7 Å². The predicted molar refractivity (Wildman–Crippen MR) is 96.8 cm³/mol. The first-order valence-corrected chi connectivity index (χ1v) is 8.42. The van der Waals surface area contributed by atoms with Gasteiger partial charge in [-0.1, -0.05) is 35.9 Å². The van der Waals surface area contributed by atoms with E-state index >= 15 is 0 Å². The Balaban J connectivity index is 1.62. The first kappa shape index (κ1) is 17.3. The van der Waals surface area contributed by atoms with Crippen molar-refractivity contribution in [3.05, 3.63) is 64.2 Å². The maximum Gasteiger partial charge on any atom is 0.339 e. The maximum absolute atomic E-state index is 12.5. The van der Waals surface area contributed by atoms with Crippen molar-refractivity contribution in [2.75, 3.05) is 25.5 Å². The first-order chi connectivity index (χ1) is 12.1. The molecule has 1 aliphatic heterocycles. The largest absolute Gasteiger partial charge is 0.465 e. The molecule has 1 aliphatic rings. The number of hydrogen-bond donors (Lipinski definition) is 1. The van der Waals surface area contributed by atoms with E-state index in [-0.39, 0.29) is 18.0 Å². The molecule has 1 heterocycles. The number of amides is 1. The van der Waals surface area contributed by atoms with Gasteiger partial charge in [-0.25, -0.2) is 4.79 Å². The molecule has 6 heteroatoms. The minimum absolute atomic E-state index is 0.0177. The summed E-state index contributed by atoms with van der Waals surface area (Å²) in [7, 11) is 1.30. The summed E-state index contributed by atoms with van der Waals surface area (Å²) in [5, 5.41) is 3.37. The maximum atomic E-state index is 12.5. The standard InChI is InChI=1S/C19H19ClN2O3/c1-25-19(24)16-10-15(6-7-17(16)20)21-11-18(23)22-9-8-13-4-2-3-5-14(13)12-22/h2-7,10,21H,8-9,11-12H2,1H3. The molecule has 0 spiro atoms. The predicted octanol–water partition coefficient (Wildman–Crippen LogP) is 3.12. The fourth-order valence-corrected chi connectivity index (χ4v) is 3.09. The molecule has 0 saturated carbocycles. The molecule has 0 saturated heterocycles. The molecule has 25 heavy (non-hydrogen) atoms. The van der Waals surface area contributed by atoms with Gasteiger partial charge in [0.1, 0.15) is 0 Å². The lowest BCUT2D eigenvalue weighted by molar-refractivity contribution is -0.130. The van der Waals surface area contributed by atoms with E-state index in [1.807, 2.05) is 17.0 Å².